The van der Waals surface area contributed by atoms with Gasteiger partial charge in [-0.25, -0.2) is 0 Å². The third-order valence-corrected chi connectivity index (χ3v) is 5.20. The number of ether oxygens (including phenoxy) is 3. The van der Waals surface area contributed by atoms with Crippen molar-refractivity contribution in [1.82, 2.24) is 0 Å². The predicted molar refractivity (Wildman–Crippen MR) is 113 cm³/mol. The smallest absolute Gasteiger partial charge is 0.224 e. The van der Waals surface area contributed by atoms with E-state index in [0.717, 1.165) is 27.3 Å². The molecule has 150 valence electrons. The van der Waals surface area contributed by atoms with Crippen LogP contribution in [0.5, 0.6) is 17.2 Å². The maximum Gasteiger partial charge on any atom is 0.224 e. The van der Waals surface area contributed by atoms with E-state index >= 15 is 0 Å². The number of hydrogen-bond donors (Lipinski definition) is 1. The molecule has 0 bridgehead atoms. The van der Waals surface area contributed by atoms with Crippen LogP contribution in [0.1, 0.15) is 12.2 Å². The lowest BCUT2D eigenvalue weighted by atomic mass is 10.2. The minimum atomic E-state index is -0.107. The van der Waals surface area contributed by atoms with Gasteiger partial charge in [0.05, 0.1) is 12.8 Å². The number of nitrogens with one attached hydrogen (secondary N) is 1. The first-order valence-corrected chi connectivity index (χ1v) is 10.0. The quantitative estimate of drug-likeness (QED) is 0.559. The number of methoxy groups -OCH3 is 1. The van der Waals surface area contributed by atoms with Gasteiger partial charge in [-0.1, -0.05) is 0 Å². The van der Waals surface area contributed by atoms with Gasteiger partial charge in [0, 0.05) is 35.0 Å². The van der Waals surface area contributed by atoms with Crippen molar-refractivity contribution in [3.63, 3.8) is 0 Å². The Morgan fingerprint density at radius 3 is 2.52 bits per heavy atom. The Balaban J connectivity index is 1.36. The van der Waals surface area contributed by atoms with Gasteiger partial charge in [0.15, 0.2) is 11.5 Å². The van der Waals surface area contributed by atoms with Crippen LogP contribution in [-0.2, 0) is 11.2 Å². The number of amides is 1. The summed E-state index contributed by atoms with van der Waals surface area (Å²) >= 11 is 3.46. The maximum absolute atomic E-state index is 12.4. The first-order chi connectivity index (χ1) is 14.1. The Labute approximate surface area is 176 Å². The molecular weight excluding hydrogens is 438 g/mol. The first kappa shape index (κ1) is 19.4. The van der Waals surface area contributed by atoms with Gasteiger partial charge < -0.3 is 23.9 Å². The molecule has 1 aliphatic heterocycles. The monoisotopic (exact) mass is 457 g/mol. The average molecular weight is 458 g/mol. The van der Waals surface area contributed by atoms with E-state index in [1.807, 2.05) is 36.4 Å². The van der Waals surface area contributed by atoms with Gasteiger partial charge in [0.25, 0.3) is 0 Å². The molecule has 0 saturated carbocycles. The number of furan rings is 1. The number of fused-ring (bicyclic) bond motifs is 1. The van der Waals surface area contributed by atoms with Crippen molar-refractivity contribution < 1.29 is 23.4 Å². The Bertz CT molecular complexity index is 1010. The standard InChI is InChI=1S/C22H20BrNO5/c1-26-15-4-2-14(3-5-15)19-8-6-16(29-19)7-9-22(25)24-18-13-21-20(12-17(18)23)27-10-11-28-21/h2-6,8,12-13H,7,9-11H2,1H3,(H,24,25). The third-order valence-electron chi connectivity index (χ3n) is 4.54. The molecule has 0 atom stereocenters. The fourth-order valence-corrected chi connectivity index (χ4v) is 3.45. The van der Waals surface area contributed by atoms with Crippen molar-refractivity contribution in [3.8, 4) is 28.6 Å². The summed E-state index contributed by atoms with van der Waals surface area (Å²) in [6.45, 7) is 1.02. The normalized spacial score (nSPS) is 12.5. The average Bonchev–Trinajstić information content (AvgIpc) is 3.22. The highest BCUT2D eigenvalue weighted by molar-refractivity contribution is 9.10. The number of halogens is 1. The van der Waals surface area contributed by atoms with Crippen molar-refractivity contribution >= 4 is 27.5 Å². The van der Waals surface area contributed by atoms with Gasteiger partial charge in [-0.3, -0.25) is 4.79 Å². The van der Waals surface area contributed by atoms with Crippen molar-refractivity contribution in [2.24, 2.45) is 0 Å². The number of aryl methyl sites for hydroxylation is 1. The maximum atomic E-state index is 12.4. The van der Waals surface area contributed by atoms with Crippen LogP contribution in [0.2, 0.25) is 0 Å². The lowest BCUT2D eigenvalue weighted by Gasteiger charge is -2.20. The number of hydrogen-bond acceptors (Lipinski definition) is 5. The van der Waals surface area contributed by atoms with Gasteiger partial charge in [0.2, 0.25) is 5.91 Å². The molecular formula is C22H20BrNO5. The van der Waals surface area contributed by atoms with Gasteiger partial charge in [-0.05, 0) is 52.3 Å². The summed E-state index contributed by atoms with van der Waals surface area (Å²) in [5, 5.41) is 2.90. The summed E-state index contributed by atoms with van der Waals surface area (Å²) in [4.78, 5) is 12.4. The van der Waals surface area contributed by atoms with Crippen molar-refractivity contribution in [2.45, 2.75) is 12.8 Å². The molecule has 29 heavy (non-hydrogen) atoms. The number of benzene rings is 2. The molecule has 1 amide bonds. The largest absolute Gasteiger partial charge is 0.497 e. The second kappa shape index (κ2) is 8.61. The van der Waals surface area contributed by atoms with E-state index in [9.17, 15) is 4.79 Å². The number of carbonyl (C=O) groups excluding carboxylic acids is 1. The summed E-state index contributed by atoms with van der Waals surface area (Å²) < 4.78 is 22.9. The topological polar surface area (TPSA) is 69.9 Å². The van der Waals surface area contributed by atoms with Crippen LogP contribution >= 0.6 is 15.9 Å². The highest BCUT2D eigenvalue weighted by Crippen LogP contribution is 2.38. The van der Waals surface area contributed by atoms with E-state index in [1.165, 1.54) is 0 Å². The minimum absolute atomic E-state index is 0.107. The van der Waals surface area contributed by atoms with E-state index < -0.39 is 0 Å². The van der Waals surface area contributed by atoms with E-state index in [-0.39, 0.29) is 5.91 Å². The van der Waals surface area contributed by atoms with Crippen molar-refractivity contribution in [3.05, 3.63) is 58.8 Å². The van der Waals surface area contributed by atoms with Crippen LogP contribution in [0.15, 0.2) is 57.4 Å². The zero-order chi connectivity index (χ0) is 20.2. The number of rotatable bonds is 6. The number of anilines is 1. The molecule has 4 rings (SSSR count). The fourth-order valence-electron chi connectivity index (χ4n) is 3.03. The van der Waals surface area contributed by atoms with Crippen molar-refractivity contribution in [2.75, 3.05) is 25.6 Å². The molecule has 0 radical (unpaired) electrons. The molecule has 0 unspecified atom stereocenters. The molecule has 0 saturated heterocycles. The molecule has 7 heteroatoms. The summed E-state index contributed by atoms with van der Waals surface area (Å²) in [5.74, 6) is 3.50. The molecule has 2 aromatic carbocycles. The highest BCUT2D eigenvalue weighted by atomic mass is 79.9. The predicted octanol–water partition coefficient (Wildman–Crippen LogP) is 5.06. The molecule has 0 aliphatic carbocycles. The molecule has 0 fully saturated rings. The second-order valence-corrected chi connectivity index (χ2v) is 7.37. The zero-order valence-electron chi connectivity index (χ0n) is 15.9. The second-order valence-electron chi connectivity index (χ2n) is 6.52. The Hall–Kier alpha value is -2.93. The van der Waals surface area contributed by atoms with Crippen LogP contribution < -0.4 is 19.5 Å². The molecule has 3 aromatic rings. The van der Waals surface area contributed by atoms with E-state index in [0.29, 0.717) is 43.2 Å². The summed E-state index contributed by atoms with van der Waals surface area (Å²) in [7, 11) is 1.63. The van der Waals surface area contributed by atoms with Gasteiger partial charge in [-0.15, -0.1) is 0 Å². The lowest BCUT2D eigenvalue weighted by molar-refractivity contribution is -0.116. The summed E-state index contributed by atoms with van der Waals surface area (Å²) in [6.07, 6.45) is 0.806. The number of carbonyl (C=O) groups is 1. The van der Waals surface area contributed by atoms with Crippen molar-refractivity contribution in [1.29, 1.82) is 0 Å². The van der Waals surface area contributed by atoms with Crippen LogP contribution in [0.3, 0.4) is 0 Å². The van der Waals surface area contributed by atoms with Crippen LogP contribution in [0.25, 0.3) is 11.3 Å². The van der Waals surface area contributed by atoms with Crippen LogP contribution in [0, 0.1) is 0 Å². The fraction of sp³-hybridized carbons (Fsp3) is 0.227. The molecule has 1 N–H and O–H groups in total. The highest BCUT2D eigenvalue weighted by Gasteiger charge is 2.16. The SMILES string of the molecule is COc1ccc(-c2ccc(CCC(=O)Nc3cc4c(cc3Br)OCCO4)o2)cc1. The third kappa shape index (κ3) is 4.56. The zero-order valence-corrected chi connectivity index (χ0v) is 17.5. The van der Waals surface area contributed by atoms with Gasteiger partial charge in [0.1, 0.15) is 30.5 Å². The van der Waals surface area contributed by atoms with E-state index in [4.69, 9.17) is 18.6 Å². The Morgan fingerprint density at radius 1 is 1.07 bits per heavy atom. The van der Waals surface area contributed by atoms with Gasteiger partial charge >= 0.3 is 0 Å². The summed E-state index contributed by atoms with van der Waals surface area (Å²) in [6, 6.07) is 15.0. The van der Waals surface area contributed by atoms with Crippen LogP contribution in [0.4, 0.5) is 5.69 Å². The Morgan fingerprint density at radius 2 is 1.79 bits per heavy atom. The minimum Gasteiger partial charge on any atom is -0.497 e. The molecule has 1 aromatic heterocycles. The first-order valence-electron chi connectivity index (χ1n) is 9.24. The van der Waals surface area contributed by atoms with Crippen LogP contribution in [-0.4, -0.2) is 26.2 Å². The Kier molecular flexibility index (Phi) is 5.76. The summed E-state index contributed by atoms with van der Waals surface area (Å²) in [5.41, 5.74) is 1.61. The lowest BCUT2D eigenvalue weighted by Crippen LogP contribution is -2.17. The molecule has 0 spiro atoms. The van der Waals surface area contributed by atoms with E-state index in [1.54, 1.807) is 19.2 Å². The molecule has 6 nitrogen and oxygen atoms in total. The molecule has 1 aliphatic rings. The van der Waals surface area contributed by atoms with Gasteiger partial charge in [-0.2, -0.15) is 0 Å². The van der Waals surface area contributed by atoms with E-state index in [2.05, 4.69) is 21.2 Å². The molecule has 2 heterocycles.